The molecule has 1 rings (SSSR count). The molecule has 2 amide bonds. The molecule has 98 valence electrons. The lowest BCUT2D eigenvalue weighted by Crippen LogP contribution is -2.43. The minimum absolute atomic E-state index is 0.223. The average Bonchev–Trinajstić information content (AvgIpc) is 2.38. The summed E-state index contributed by atoms with van der Waals surface area (Å²) in [7, 11) is 1.54. The van der Waals surface area contributed by atoms with E-state index in [1.165, 1.54) is 7.05 Å². The maximum absolute atomic E-state index is 12.0. The summed E-state index contributed by atoms with van der Waals surface area (Å²) >= 11 is 0. The molecule has 0 aromatic heterocycles. The number of amides is 2. The second kappa shape index (κ2) is 6.76. The van der Waals surface area contributed by atoms with Crippen LogP contribution in [0.5, 0.6) is 0 Å². The number of hydrogen-bond donors (Lipinski definition) is 3. The van der Waals surface area contributed by atoms with Crippen molar-refractivity contribution in [3.05, 3.63) is 35.4 Å². The van der Waals surface area contributed by atoms with Crippen molar-refractivity contribution in [1.82, 2.24) is 10.6 Å². The molecule has 0 aliphatic rings. The highest BCUT2D eigenvalue weighted by atomic mass is 16.2. The second-order valence-corrected chi connectivity index (χ2v) is 4.01. The van der Waals surface area contributed by atoms with Crippen LogP contribution in [0.25, 0.3) is 0 Å². The molecule has 4 N–H and O–H groups in total. The predicted octanol–water partition coefficient (Wildman–Crippen LogP) is 0.0521. The molecule has 0 heterocycles. The first kappa shape index (κ1) is 14.2. The highest BCUT2D eigenvalue weighted by Crippen LogP contribution is 2.09. The summed E-state index contributed by atoms with van der Waals surface area (Å²) < 4.78 is 0. The lowest BCUT2D eigenvalue weighted by atomic mass is 10.0. The molecule has 1 aromatic rings. The fourth-order valence-electron chi connectivity index (χ4n) is 1.67. The van der Waals surface area contributed by atoms with E-state index >= 15 is 0 Å². The fraction of sp³-hybridized carbons (Fsp3) is 0.385. The van der Waals surface area contributed by atoms with Crippen LogP contribution in [0.3, 0.4) is 0 Å². The first-order valence-corrected chi connectivity index (χ1v) is 5.90. The van der Waals surface area contributed by atoms with Gasteiger partial charge in [0, 0.05) is 12.6 Å². The smallest absolute Gasteiger partial charge is 0.252 e. The Labute approximate surface area is 107 Å². The summed E-state index contributed by atoms with van der Waals surface area (Å²) in [5.41, 5.74) is 6.96. The lowest BCUT2D eigenvalue weighted by molar-refractivity contribution is -0.122. The van der Waals surface area contributed by atoms with Crippen molar-refractivity contribution >= 4 is 11.8 Å². The third-order valence-electron chi connectivity index (χ3n) is 2.66. The third kappa shape index (κ3) is 3.56. The number of hydrogen-bond acceptors (Lipinski definition) is 3. The van der Waals surface area contributed by atoms with E-state index in [1.807, 2.05) is 12.1 Å². The Balaban J connectivity index is 2.81. The van der Waals surface area contributed by atoms with Crippen molar-refractivity contribution in [3.63, 3.8) is 0 Å². The van der Waals surface area contributed by atoms with Crippen LogP contribution in [0.15, 0.2) is 24.3 Å². The molecule has 0 spiro atoms. The van der Waals surface area contributed by atoms with Crippen molar-refractivity contribution in [3.8, 4) is 0 Å². The number of likely N-dealkylation sites (N-methyl/N-ethyl adjacent to an activating group) is 1. The van der Waals surface area contributed by atoms with Gasteiger partial charge in [0.25, 0.3) is 5.91 Å². The van der Waals surface area contributed by atoms with Gasteiger partial charge in [0.15, 0.2) is 0 Å². The summed E-state index contributed by atoms with van der Waals surface area (Å²) in [6.07, 6.45) is 0.637. The number of rotatable bonds is 5. The van der Waals surface area contributed by atoms with Gasteiger partial charge in [-0.2, -0.15) is 0 Å². The van der Waals surface area contributed by atoms with Gasteiger partial charge in [-0.1, -0.05) is 18.2 Å². The van der Waals surface area contributed by atoms with Gasteiger partial charge < -0.3 is 16.4 Å². The third-order valence-corrected chi connectivity index (χ3v) is 2.66. The van der Waals surface area contributed by atoms with Crippen molar-refractivity contribution in [2.24, 2.45) is 5.73 Å². The predicted molar refractivity (Wildman–Crippen MR) is 70.2 cm³/mol. The fourth-order valence-corrected chi connectivity index (χ4v) is 1.67. The second-order valence-electron chi connectivity index (χ2n) is 4.01. The monoisotopic (exact) mass is 249 g/mol. The highest BCUT2D eigenvalue weighted by Gasteiger charge is 2.16. The molecule has 1 aromatic carbocycles. The first-order chi connectivity index (χ1) is 8.60. The minimum Gasteiger partial charge on any atom is -0.357 e. The molecule has 0 fully saturated rings. The van der Waals surface area contributed by atoms with Gasteiger partial charge in [0.2, 0.25) is 5.91 Å². The van der Waals surface area contributed by atoms with Gasteiger partial charge in [-0.25, -0.2) is 0 Å². The maximum atomic E-state index is 12.0. The molecule has 0 aliphatic heterocycles. The van der Waals surface area contributed by atoms with E-state index in [2.05, 4.69) is 10.6 Å². The summed E-state index contributed by atoms with van der Waals surface area (Å²) in [5.74, 6) is -0.477. The Morgan fingerprint density at radius 2 is 2.00 bits per heavy atom. The zero-order chi connectivity index (χ0) is 13.5. The Kier molecular flexibility index (Phi) is 5.32. The molecule has 0 saturated carbocycles. The van der Waals surface area contributed by atoms with Gasteiger partial charge in [-0.05, 0) is 31.5 Å². The zero-order valence-electron chi connectivity index (χ0n) is 10.7. The van der Waals surface area contributed by atoms with Gasteiger partial charge in [0.1, 0.15) is 6.04 Å². The van der Waals surface area contributed by atoms with Crippen LogP contribution in [0.2, 0.25) is 0 Å². The molecular weight excluding hydrogens is 230 g/mol. The van der Waals surface area contributed by atoms with Crippen LogP contribution in [0.4, 0.5) is 0 Å². The summed E-state index contributed by atoms with van der Waals surface area (Å²) in [4.78, 5) is 23.4. The van der Waals surface area contributed by atoms with Crippen LogP contribution >= 0.6 is 0 Å². The van der Waals surface area contributed by atoms with Crippen molar-refractivity contribution in [1.29, 1.82) is 0 Å². The molecule has 1 atom stereocenters. The quantitative estimate of drug-likeness (QED) is 0.689. The summed E-state index contributed by atoms with van der Waals surface area (Å²) in [6.45, 7) is 2.12. The topological polar surface area (TPSA) is 84.2 Å². The average molecular weight is 249 g/mol. The largest absolute Gasteiger partial charge is 0.357 e. The van der Waals surface area contributed by atoms with Gasteiger partial charge in [-0.15, -0.1) is 0 Å². The molecule has 18 heavy (non-hydrogen) atoms. The normalized spacial score (nSPS) is 11.7. The number of carbonyl (C=O) groups excluding carboxylic acids is 2. The Morgan fingerprint density at radius 3 is 2.61 bits per heavy atom. The standard InChI is InChI=1S/C13H19N3O2/c1-9(12(17)15-2)16-13(18)11-6-4-3-5-10(11)7-8-14/h3-6,9H,7-8,14H2,1-2H3,(H,15,17)(H,16,18). The van der Waals surface area contributed by atoms with E-state index in [4.69, 9.17) is 5.73 Å². The van der Waals surface area contributed by atoms with E-state index in [0.717, 1.165) is 5.56 Å². The summed E-state index contributed by atoms with van der Waals surface area (Å²) in [6, 6.07) is 6.69. The number of carbonyl (C=O) groups is 2. The SMILES string of the molecule is CNC(=O)C(C)NC(=O)c1ccccc1CCN. The first-order valence-electron chi connectivity index (χ1n) is 5.90. The number of nitrogens with one attached hydrogen (secondary N) is 2. The van der Waals surface area contributed by atoms with Gasteiger partial charge in [0.05, 0.1) is 0 Å². The minimum atomic E-state index is -0.562. The molecular formula is C13H19N3O2. The summed E-state index contributed by atoms with van der Waals surface area (Å²) in [5, 5.41) is 5.14. The lowest BCUT2D eigenvalue weighted by Gasteiger charge is -2.14. The van der Waals surface area contributed by atoms with Crippen LogP contribution in [-0.4, -0.2) is 31.4 Å². The van der Waals surface area contributed by atoms with E-state index in [1.54, 1.807) is 19.1 Å². The molecule has 5 nitrogen and oxygen atoms in total. The van der Waals surface area contributed by atoms with Crippen molar-refractivity contribution in [2.45, 2.75) is 19.4 Å². The van der Waals surface area contributed by atoms with Crippen LogP contribution in [-0.2, 0) is 11.2 Å². The molecule has 0 aliphatic carbocycles. The number of nitrogens with two attached hydrogens (primary N) is 1. The van der Waals surface area contributed by atoms with Gasteiger partial charge >= 0.3 is 0 Å². The number of benzene rings is 1. The molecule has 5 heteroatoms. The van der Waals surface area contributed by atoms with E-state index < -0.39 is 6.04 Å². The Hall–Kier alpha value is -1.88. The maximum Gasteiger partial charge on any atom is 0.252 e. The van der Waals surface area contributed by atoms with Crippen LogP contribution in [0.1, 0.15) is 22.8 Å². The van der Waals surface area contributed by atoms with Crippen molar-refractivity contribution in [2.75, 3.05) is 13.6 Å². The van der Waals surface area contributed by atoms with Crippen LogP contribution in [0, 0.1) is 0 Å². The molecule has 0 radical (unpaired) electrons. The van der Waals surface area contributed by atoms with Gasteiger partial charge in [-0.3, -0.25) is 9.59 Å². The van der Waals surface area contributed by atoms with Crippen LogP contribution < -0.4 is 16.4 Å². The highest BCUT2D eigenvalue weighted by molar-refractivity contribution is 5.98. The zero-order valence-corrected chi connectivity index (χ0v) is 10.7. The Bertz CT molecular complexity index is 432. The van der Waals surface area contributed by atoms with E-state index in [9.17, 15) is 9.59 Å². The molecule has 0 saturated heterocycles. The van der Waals surface area contributed by atoms with Crippen molar-refractivity contribution < 1.29 is 9.59 Å². The van der Waals surface area contributed by atoms with E-state index in [0.29, 0.717) is 18.5 Å². The molecule has 0 bridgehead atoms. The van der Waals surface area contributed by atoms with E-state index in [-0.39, 0.29) is 11.8 Å². The molecule has 1 unspecified atom stereocenters. The Morgan fingerprint density at radius 1 is 1.33 bits per heavy atom.